The Morgan fingerprint density at radius 2 is 1.62 bits per heavy atom. The summed E-state index contributed by atoms with van der Waals surface area (Å²) < 4.78 is 17.3. The number of hydrogen-bond acceptors (Lipinski definition) is 4. The number of aromatic nitrogens is 1. The smallest absolute Gasteiger partial charge is 0.481 e. The summed E-state index contributed by atoms with van der Waals surface area (Å²) in [6.07, 6.45) is 0. The predicted octanol–water partition coefficient (Wildman–Crippen LogP) is 2.54. The number of pyridine rings is 1. The van der Waals surface area contributed by atoms with E-state index in [0.29, 0.717) is 5.88 Å². The highest BCUT2D eigenvalue weighted by Crippen LogP contribution is 2.36. The standard InChI is InChI=1S/C16H20BNO3/c1-15(2)16(3,4)21-17(20-15)12-8-6-11-7-9-14(19-5)18-13(11)10-12/h6-10H,1-5H3. The Balaban J connectivity index is 1.98. The zero-order chi connectivity index (χ0) is 15.3. The number of methoxy groups -OCH3 is 1. The van der Waals surface area contributed by atoms with Crippen molar-refractivity contribution in [1.82, 2.24) is 4.98 Å². The van der Waals surface area contributed by atoms with Crippen LogP contribution in [0.5, 0.6) is 5.88 Å². The first-order valence-electron chi connectivity index (χ1n) is 7.13. The summed E-state index contributed by atoms with van der Waals surface area (Å²) in [5.41, 5.74) is 1.17. The molecule has 0 saturated carbocycles. The molecule has 0 spiro atoms. The Morgan fingerprint density at radius 3 is 2.24 bits per heavy atom. The molecule has 2 heterocycles. The van der Waals surface area contributed by atoms with Crippen LogP contribution in [0.25, 0.3) is 10.9 Å². The molecule has 0 N–H and O–H groups in total. The van der Waals surface area contributed by atoms with Crippen LogP contribution in [0.1, 0.15) is 27.7 Å². The van der Waals surface area contributed by atoms with E-state index in [9.17, 15) is 0 Å². The molecule has 0 atom stereocenters. The quantitative estimate of drug-likeness (QED) is 0.795. The van der Waals surface area contributed by atoms with Gasteiger partial charge in [0.2, 0.25) is 5.88 Å². The summed E-state index contributed by atoms with van der Waals surface area (Å²) in [6, 6.07) is 9.91. The van der Waals surface area contributed by atoms with E-state index in [2.05, 4.69) is 32.7 Å². The van der Waals surface area contributed by atoms with Crippen molar-refractivity contribution in [3.8, 4) is 5.88 Å². The molecule has 110 valence electrons. The van der Waals surface area contributed by atoms with Crippen LogP contribution < -0.4 is 10.2 Å². The summed E-state index contributed by atoms with van der Waals surface area (Å²) in [7, 11) is 1.25. The first kappa shape index (κ1) is 14.4. The Morgan fingerprint density at radius 1 is 1.00 bits per heavy atom. The Kier molecular flexibility index (Phi) is 3.22. The summed E-state index contributed by atoms with van der Waals surface area (Å²) in [5, 5.41) is 1.07. The van der Waals surface area contributed by atoms with Crippen LogP contribution in [0.2, 0.25) is 0 Å². The highest BCUT2D eigenvalue weighted by molar-refractivity contribution is 6.62. The maximum Gasteiger partial charge on any atom is 0.494 e. The maximum absolute atomic E-state index is 6.07. The molecule has 0 bridgehead atoms. The van der Waals surface area contributed by atoms with E-state index in [1.807, 2.05) is 30.3 Å². The van der Waals surface area contributed by atoms with Crippen molar-refractivity contribution in [2.24, 2.45) is 0 Å². The van der Waals surface area contributed by atoms with E-state index in [4.69, 9.17) is 14.0 Å². The molecule has 5 heteroatoms. The molecule has 1 aliphatic rings. The molecule has 0 amide bonds. The monoisotopic (exact) mass is 285 g/mol. The topological polar surface area (TPSA) is 40.6 Å². The summed E-state index contributed by atoms with van der Waals surface area (Å²) >= 11 is 0. The molecular weight excluding hydrogens is 265 g/mol. The number of benzene rings is 1. The third kappa shape index (κ3) is 2.41. The van der Waals surface area contributed by atoms with Gasteiger partial charge in [-0.3, -0.25) is 0 Å². The van der Waals surface area contributed by atoms with Gasteiger partial charge >= 0.3 is 7.12 Å². The lowest BCUT2D eigenvalue weighted by atomic mass is 9.79. The van der Waals surface area contributed by atoms with E-state index >= 15 is 0 Å². The van der Waals surface area contributed by atoms with Gasteiger partial charge in [0, 0.05) is 11.5 Å². The second-order valence-corrected chi connectivity index (χ2v) is 6.39. The number of hydrogen-bond donors (Lipinski definition) is 0. The molecule has 0 radical (unpaired) electrons. The van der Waals surface area contributed by atoms with Crippen molar-refractivity contribution in [3.63, 3.8) is 0 Å². The van der Waals surface area contributed by atoms with Crippen LogP contribution in [-0.4, -0.2) is 30.4 Å². The molecule has 21 heavy (non-hydrogen) atoms. The van der Waals surface area contributed by atoms with Gasteiger partial charge in [0.05, 0.1) is 23.8 Å². The first-order valence-corrected chi connectivity index (χ1v) is 7.13. The fraction of sp³-hybridized carbons (Fsp3) is 0.438. The third-order valence-electron chi connectivity index (χ3n) is 4.43. The van der Waals surface area contributed by atoms with Gasteiger partial charge in [0.1, 0.15) is 0 Å². The van der Waals surface area contributed by atoms with Gasteiger partial charge in [-0.2, -0.15) is 0 Å². The average molecular weight is 285 g/mol. The van der Waals surface area contributed by atoms with Gasteiger partial charge < -0.3 is 14.0 Å². The number of nitrogens with zero attached hydrogens (tertiary/aromatic N) is 1. The molecule has 1 aliphatic heterocycles. The number of fused-ring (bicyclic) bond motifs is 1. The first-order chi connectivity index (χ1) is 9.82. The summed E-state index contributed by atoms with van der Waals surface area (Å²) in [5.74, 6) is 0.605. The molecule has 0 unspecified atom stereocenters. The fourth-order valence-corrected chi connectivity index (χ4v) is 2.35. The lowest BCUT2D eigenvalue weighted by molar-refractivity contribution is 0.00578. The van der Waals surface area contributed by atoms with Crippen LogP contribution in [0.15, 0.2) is 30.3 Å². The van der Waals surface area contributed by atoms with E-state index in [-0.39, 0.29) is 18.3 Å². The molecule has 3 rings (SSSR count). The summed E-state index contributed by atoms with van der Waals surface area (Å²) in [4.78, 5) is 4.47. The molecule has 0 aliphatic carbocycles. The second kappa shape index (κ2) is 4.72. The van der Waals surface area contributed by atoms with Gasteiger partial charge in [0.15, 0.2) is 0 Å². The molecule has 1 saturated heterocycles. The zero-order valence-electron chi connectivity index (χ0n) is 13.1. The predicted molar refractivity (Wildman–Crippen MR) is 84.0 cm³/mol. The van der Waals surface area contributed by atoms with Crippen molar-refractivity contribution in [2.75, 3.05) is 7.11 Å². The van der Waals surface area contributed by atoms with Gasteiger partial charge in [-0.05, 0) is 45.3 Å². The molecule has 1 fully saturated rings. The number of ether oxygens (including phenoxy) is 1. The second-order valence-electron chi connectivity index (χ2n) is 6.39. The van der Waals surface area contributed by atoms with Crippen molar-refractivity contribution >= 4 is 23.5 Å². The van der Waals surface area contributed by atoms with Crippen molar-refractivity contribution < 1.29 is 14.0 Å². The Hall–Kier alpha value is -1.59. The average Bonchev–Trinajstić information content (AvgIpc) is 2.66. The van der Waals surface area contributed by atoms with E-state index in [1.54, 1.807) is 7.11 Å². The van der Waals surface area contributed by atoms with Gasteiger partial charge in [-0.1, -0.05) is 12.1 Å². The number of rotatable bonds is 2. The maximum atomic E-state index is 6.07. The Labute approximate surface area is 125 Å². The van der Waals surface area contributed by atoms with Crippen LogP contribution >= 0.6 is 0 Å². The minimum absolute atomic E-state index is 0.339. The van der Waals surface area contributed by atoms with Crippen LogP contribution in [0, 0.1) is 0 Å². The zero-order valence-corrected chi connectivity index (χ0v) is 13.1. The molecule has 4 nitrogen and oxygen atoms in total. The fourth-order valence-electron chi connectivity index (χ4n) is 2.35. The van der Waals surface area contributed by atoms with Crippen LogP contribution in [-0.2, 0) is 9.31 Å². The van der Waals surface area contributed by atoms with E-state index < -0.39 is 0 Å². The van der Waals surface area contributed by atoms with Crippen molar-refractivity contribution in [2.45, 2.75) is 38.9 Å². The molecular formula is C16H20BNO3. The largest absolute Gasteiger partial charge is 0.494 e. The van der Waals surface area contributed by atoms with E-state index in [0.717, 1.165) is 16.4 Å². The van der Waals surface area contributed by atoms with Gasteiger partial charge in [0.25, 0.3) is 0 Å². The Bertz CT molecular complexity index is 668. The summed E-state index contributed by atoms with van der Waals surface area (Å²) in [6.45, 7) is 8.20. The van der Waals surface area contributed by atoms with Crippen LogP contribution in [0.3, 0.4) is 0 Å². The van der Waals surface area contributed by atoms with Crippen LogP contribution in [0.4, 0.5) is 0 Å². The van der Waals surface area contributed by atoms with E-state index in [1.165, 1.54) is 0 Å². The lowest BCUT2D eigenvalue weighted by Gasteiger charge is -2.32. The normalized spacial score (nSPS) is 20.0. The molecule has 1 aromatic heterocycles. The molecule has 2 aromatic rings. The van der Waals surface area contributed by atoms with Crippen molar-refractivity contribution in [3.05, 3.63) is 30.3 Å². The SMILES string of the molecule is COc1ccc2ccc(B3OC(C)(C)C(C)(C)O3)cc2n1. The minimum Gasteiger partial charge on any atom is -0.481 e. The highest BCUT2D eigenvalue weighted by Gasteiger charge is 2.51. The van der Waals surface area contributed by atoms with Gasteiger partial charge in [-0.15, -0.1) is 0 Å². The van der Waals surface area contributed by atoms with Gasteiger partial charge in [-0.25, -0.2) is 4.98 Å². The third-order valence-corrected chi connectivity index (χ3v) is 4.43. The highest BCUT2D eigenvalue weighted by atomic mass is 16.7. The minimum atomic E-state index is -0.368. The molecule has 1 aromatic carbocycles. The van der Waals surface area contributed by atoms with Crippen molar-refractivity contribution in [1.29, 1.82) is 0 Å². The lowest BCUT2D eigenvalue weighted by Crippen LogP contribution is -2.41.